The molecule has 0 unspecified atom stereocenters. The highest BCUT2D eigenvalue weighted by molar-refractivity contribution is 5.83. The average Bonchev–Trinajstić information content (AvgIpc) is 3.17. The fourth-order valence-electron chi connectivity index (χ4n) is 5.10. The molecule has 1 saturated carbocycles. The minimum atomic E-state index is -4.39. The van der Waals surface area contributed by atoms with Gasteiger partial charge >= 0.3 is 12.1 Å². The molecular formula is C27H32F3N3O3. The van der Waals surface area contributed by atoms with E-state index in [-0.39, 0.29) is 23.8 Å². The third-order valence-electron chi connectivity index (χ3n) is 6.93. The van der Waals surface area contributed by atoms with E-state index in [9.17, 15) is 18.0 Å². The summed E-state index contributed by atoms with van der Waals surface area (Å²) < 4.78 is 51.7. The lowest BCUT2D eigenvalue weighted by molar-refractivity contribution is -0.140. The van der Waals surface area contributed by atoms with E-state index in [0.29, 0.717) is 23.8 Å². The molecule has 1 atom stereocenters. The van der Waals surface area contributed by atoms with Crippen molar-refractivity contribution < 1.29 is 27.4 Å². The number of aryl methyl sites for hydroxylation is 1. The number of aromatic nitrogens is 2. The van der Waals surface area contributed by atoms with Crippen LogP contribution in [0.4, 0.5) is 24.8 Å². The van der Waals surface area contributed by atoms with Crippen LogP contribution in [0.1, 0.15) is 63.1 Å². The number of esters is 1. The van der Waals surface area contributed by atoms with Crippen molar-refractivity contribution in [2.75, 3.05) is 19.5 Å². The number of rotatable bonds is 7. The number of halogens is 3. The fourth-order valence-corrected chi connectivity index (χ4v) is 5.10. The Balaban J connectivity index is 1.77. The van der Waals surface area contributed by atoms with Gasteiger partial charge in [-0.15, -0.1) is 0 Å². The Labute approximate surface area is 208 Å². The van der Waals surface area contributed by atoms with E-state index in [1.807, 2.05) is 12.1 Å². The van der Waals surface area contributed by atoms with Crippen molar-refractivity contribution in [1.82, 2.24) is 9.55 Å². The second-order valence-corrected chi connectivity index (χ2v) is 10.1. The first-order valence-corrected chi connectivity index (χ1v) is 12.1. The Kier molecular flexibility index (Phi) is 7.20. The van der Waals surface area contributed by atoms with Crippen LogP contribution < -0.4 is 10.1 Å². The number of alkyl halides is 3. The number of carbonyl (C=O) groups is 1. The second-order valence-electron chi connectivity index (χ2n) is 10.1. The van der Waals surface area contributed by atoms with Gasteiger partial charge in [0.15, 0.2) is 0 Å². The van der Waals surface area contributed by atoms with Crippen molar-refractivity contribution in [1.29, 1.82) is 0 Å². The van der Waals surface area contributed by atoms with Gasteiger partial charge in [-0.1, -0.05) is 20.3 Å². The molecular weight excluding hydrogens is 471 g/mol. The summed E-state index contributed by atoms with van der Waals surface area (Å²) in [6, 6.07) is 8.98. The first kappa shape index (κ1) is 25.9. The number of anilines is 2. The number of imidazole rings is 1. The van der Waals surface area contributed by atoms with Gasteiger partial charge in [0, 0.05) is 24.2 Å². The number of hydrogen-bond donors (Lipinski definition) is 1. The van der Waals surface area contributed by atoms with Crippen molar-refractivity contribution in [2.45, 2.75) is 64.6 Å². The molecule has 0 saturated heterocycles. The summed E-state index contributed by atoms with van der Waals surface area (Å²) in [6.07, 6.45) is 0.402. The minimum Gasteiger partial charge on any atom is -0.496 e. The normalized spacial score (nSPS) is 17.7. The Morgan fingerprint density at radius 3 is 2.53 bits per heavy atom. The number of benzene rings is 2. The molecule has 9 heteroatoms. The van der Waals surface area contributed by atoms with Gasteiger partial charge in [-0.3, -0.25) is 4.79 Å². The number of hydrogen-bond acceptors (Lipinski definition) is 5. The van der Waals surface area contributed by atoms with Gasteiger partial charge in [-0.25, -0.2) is 4.98 Å². The van der Waals surface area contributed by atoms with Crippen LogP contribution in [0.5, 0.6) is 5.75 Å². The molecule has 0 radical (unpaired) electrons. The molecule has 194 valence electrons. The molecule has 1 aliphatic rings. The molecule has 1 aromatic heterocycles. The van der Waals surface area contributed by atoms with E-state index in [2.05, 4.69) is 23.7 Å². The Morgan fingerprint density at radius 2 is 1.92 bits per heavy atom. The van der Waals surface area contributed by atoms with Crippen molar-refractivity contribution >= 4 is 28.6 Å². The first-order chi connectivity index (χ1) is 17.0. The third-order valence-corrected chi connectivity index (χ3v) is 6.93. The summed E-state index contributed by atoms with van der Waals surface area (Å²) in [5.41, 5.74) is 2.43. The maximum absolute atomic E-state index is 13.0. The van der Waals surface area contributed by atoms with E-state index in [4.69, 9.17) is 14.5 Å². The summed E-state index contributed by atoms with van der Waals surface area (Å²) in [7, 11) is 2.95. The van der Waals surface area contributed by atoms with E-state index in [1.165, 1.54) is 19.2 Å². The zero-order valence-corrected chi connectivity index (χ0v) is 21.0. The van der Waals surface area contributed by atoms with Crippen LogP contribution in [0, 0.1) is 5.41 Å². The van der Waals surface area contributed by atoms with Gasteiger partial charge in [0.25, 0.3) is 0 Å². The summed E-state index contributed by atoms with van der Waals surface area (Å²) in [6.45, 7) is 4.51. The predicted octanol–water partition coefficient (Wildman–Crippen LogP) is 7.05. The number of methoxy groups -OCH3 is 2. The maximum atomic E-state index is 13.0. The van der Waals surface area contributed by atoms with E-state index < -0.39 is 11.7 Å². The molecule has 1 aliphatic carbocycles. The Morgan fingerprint density at radius 1 is 1.19 bits per heavy atom. The van der Waals surface area contributed by atoms with Crippen LogP contribution in [-0.2, 0) is 22.1 Å². The minimum absolute atomic E-state index is 0.162. The molecule has 1 fully saturated rings. The van der Waals surface area contributed by atoms with Crippen molar-refractivity contribution in [3.05, 3.63) is 47.5 Å². The van der Waals surface area contributed by atoms with Crippen LogP contribution in [0.15, 0.2) is 36.4 Å². The molecule has 3 aromatic rings. The summed E-state index contributed by atoms with van der Waals surface area (Å²) in [4.78, 5) is 16.5. The standard InChI is InChI=1S/C27H32F3N3O3/c1-26(2)13-5-6-20(16-26)33-22-15-23(35-3)17(7-12-24(34)36-4)14-21(22)32-25(33)31-19-10-8-18(9-11-19)27(28,29)30/h8-11,14-15,20H,5-7,12-13,16H2,1-4H3,(H,31,32)/t20-/m0/s1. The molecule has 1 heterocycles. The molecule has 0 spiro atoms. The molecule has 0 aliphatic heterocycles. The van der Waals surface area contributed by atoms with Crippen LogP contribution >= 0.6 is 0 Å². The second kappa shape index (κ2) is 10.0. The maximum Gasteiger partial charge on any atom is 0.416 e. The van der Waals surface area contributed by atoms with Gasteiger partial charge in [0.1, 0.15) is 5.75 Å². The lowest BCUT2D eigenvalue weighted by Crippen LogP contribution is -2.25. The SMILES string of the molecule is COC(=O)CCc1cc2nc(Nc3ccc(C(F)(F)F)cc3)n([C@H]3CCCC(C)(C)C3)c2cc1OC. The van der Waals surface area contributed by atoms with Gasteiger partial charge in [-0.05, 0) is 67.0 Å². The van der Waals surface area contributed by atoms with Crippen molar-refractivity contribution in [3.8, 4) is 5.75 Å². The summed E-state index contributed by atoms with van der Waals surface area (Å²) >= 11 is 0. The molecule has 4 rings (SSSR count). The molecule has 36 heavy (non-hydrogen) atoms. The molecule has 6 nitrogen and oxygen atoms in total. The van der Waals surface area contributed by atoms with Crippen molar-refractivity contribution in [2.24, 2.45) is 5.41 Å². The van der Waals surface area contributed by atoms with E-state index in [0.717, 1.165) is 54.4 Å². The summed E-state index contributed by atoms with van der Waals surface area (Å²) in [5.74, 6) is 0.917. The number of fused-ring (bicyclic) bond motifs is 1. The lowest BCUT2D eigenvalue weighted by atomic mass is 9.75. The van der Waals surface area contributed by atoms with Gasteiger partial charge in [-0.2, -0.15) is 13.2 Å². The molecule has 1 N–H and O–H groups in total. The first-order valence-electron chi connectivity index (χ1n) is 12.1. The Bertz CT molecular complexity index is 1230. The number of nitrogens with zero attached hydrogens (tertiary/aromatic N) is 2. The molecule has 0 amide bonds. The molecule has 2 aromatic carbocycles. The fraction of sp³-hybridized carbons (Fsp3) is 0.481. The monoisotopic (exact) mass is 503 g/mol. The van der Waals surface area contributed by atoms with Crippen LogP contribution in [-0.4, -0.2) is 29.7 Å². The summed E-state index contributed by atoms with van der Waals surface area (Å²) in [5, 5.41) is 3.25. The van der Waals surface area contributed by atoms with Gasteiger partial charge in [0.05, 0.1) is 30.8 Å². The number of nitrogens with one attached hydrogen (secondary N) is 1. The van der Waals surface area contributed by atoms with Crippen LogP contribution in [0.2, 0.25) is 0 Å². The Hall–Kier alpha value is -3.23. The smallest absolute Gasteiger partial charge is 0.416 e. The zero-order valence-electron chi connectivity index (χ0n) is 21.0. The quantitative estimate of drug-likeness (QED) is 0.350. The van der Waals surface area contributed by atoms with Gasteiger partial charge in [0.2, 0.25) is 5.95 Å². The van der Waals surface area contributed by atoms with Crippen LogP contribution in [0.3, 0.4) is 0 Å². The number of ether oxygens (including phenoxy) is 2. The molecule has 0 bridgehead atoms. The largest absolute Gasteiger partial charge is 0.496 e. The zero-order chi connectivity index (χ0) is 26.1. The highest BCUT2D eigenvalue weighted by atomic mass is 19.4. The van der Waals surface area contributed by atoms with Crippen LogP contribution in [0.25, 0.3) is 11.0 Å². The number of carbonyl (C=O) groups excluding carboxylic acids is 1. The average molecular weight is 504 g/mol. The predicted molar refractivity (Wildman–Crippen MR) is 133 cm³/mol. The van der Waals surface area contributed by atoms with Gasteiger partial charge < -0.3 is 19.4 Å². The highest BCUT2D eigenvalue weighted by Gasteiger charge is 2.32. The van der Waals surface area contributed by atoms with Crippen molar-refractivity contribution in [3.63, 3.8) is 0 Å². The van der Waals surface area contributed by atoms with E-state index >= 15 is 0 Å². The topological polar surface area (TPSA) is 65.4 Å². The lowest BCUT2D eigenvalue weighted by Gasteiger charge is -2.36. The highest BCUT2D eigenvalue weighted by Crippen LogP contribution is 2.44. The van der Waals surface area contributed by atoms with E-state index in [1.54, 1.807) is 7.11 Å². The third kappa shape index (κ3) is 5.60.